The Morgan fingerprint density at radius 1 is 0.897 bits per heavy atom. The first-order chi connectivity index (χ1) is 13.2. The molecule has 0 bridgehead atoms. The Morgan fingerprint density at radius 2 is 1.45 bits per heavy atom. The Bertz CT molecular complexity index is 519. The second kappa shape index (κ2) is 13.7. The Balaban J connectivity index is 3.92. The van der Waals surface area contributed by atoms with E-state index in [2.05, 4.69) is 65.0 Å². The Labute approximate surface area is 183 Å². The monoisotopic (exact) mass is 440 g/mol. The zero-order chi connectivity index (χ0) is 22.6. The molecule has 0 saturated carbocycles. The molecule has 0 aliphatic carbocycles. The predicted molar refractivity (Wildman–Crippen MR) is 131 cm³/mol. The zero-order valence-electron chi connectivity index (χ0n) is 20.9. The third-order valence-corrected chi connectivity index (χ3v) is 11.0. The van der Waals surface area contributed by atoms with Crippen LogP contribution in [0.2, 0.25) is 37.8 Å². The summed E-state index contributed by atoms with van der Waals surface area (Å²) >= 11 is 0. The van der Waals surface area contributed by atoms with Crippen LogP contribution in [0, 0.1) is 11.5 Å². The minimum absolute atomic E-state index is 0.0291. The number of hydrogen-bond donors (Lipinski definition) is 0. The van der Waals surface area contributed by atoms with E-state index in [1.807, 2.05) is 0 Å². The van der Waals surface area contributed by atoms with E-state index in [0.29, 0.717) is 5.04 Å². The van der Waals surface area contributed by atoms with Gasteiger partial charge in [-0.3, -0.25) is 4.79 Å². The Morgan fingerprint density at radius 3 is 1.97 bits per heavy atom. The smallest absolute Gasteiger partial charge is 0.302 e. The van der Waals surface area contributed by atoms with Crippen molar-refractivity contribution in [3.63, 3.8) is 0 Å². The minimum Gasteiger partial charge on any atom is -0.463 e. The summed E-state index contributed by atoms with van der Waals surface area (Å²) in [5, 5.41) is 0.297. The topological polar surface area (TPSA) is 35.5 Å². The molecule has 0 N–H and O–H groups in total. The molecule has 0 spiro atoms. The number of rotatable bonds is 13. The highest BCUT2D eigenvalue weighted by Crippen LogP contribution is 2.36. The maximum atomic E-state index is 11.4. The normalized spacial score (nSPS) is 13.6. The van der Waals surface area contributed by atoms with E-state index in [4.69, 9.17) is 9.16 Å². The molecular weight excluding hydrogens is 392 g/mol. The van der Waals surface area contributed by atoms with E-state index >= 15 is 0 Å². The van der Waals surface area contributed by atoms with Gasteiger partial charge in [-0.25, -0.2) is 0 Å². The third-order valence-electron chi connectivity index (χ3n) is 5.58. The molecule has 0 radical (unpaired) electrons. The highest BCUT2D eigenvalue weighted by molar-refractivity contribution is 6.83. The van der Waals surface area contributed by atoms with E-state index in [1.165, 1.54) is 39.0 Å². The molecule has 0 aromatic rings. The second-order valence-corrected chi connectivity index (χ2v) is 20.4. The molecule has 0 rings (SSSR count). The molecule has 3 nitrogen and oxygen atoms in total. The third kappa shape index (κ3) is 15.9. The Kier molecular flexibility index (Phi) is 13.4. The lowest BCUT2D eigenvalue weighted by Gasteiger charge is -2.36. The number of esters is 1. The van der Waals surface area contributed by atoms with Crippen molar-refractivity contribution in [2.45, 2.75) is 129 Å². The van der Waals surface area contributed by atoms with Crippen molar-refractivity contribution >= 4 is 22.4 Å². The lowest BCUT2D eigenvalue weighted by Crippen LogP contribution is -2.40. The van der Waals surface area contributed by atoms with Crippen LogP contribution in [0.4, 0.5) is 0 Å². The number of carbonyl (C=O) groups is 1. The predicted octanol–water partition coefficient (Wildman–Crippen LogP) is 7.33. The lowest BCUT2D eigenvalue weighted by molar-refractivity contribution is -0.146. The van der Waals surface area contributed by atoms with Gasteiger partial charge in [0.05, 0.1) is 0 Å². The zero-order valence-corrected chi connectivity index (χ0v) is 22.9. The molecule has 0 aromatic heterocycles. The first-order valence-corrected chi connectivity index (χ1v) is 18.0. The van der Waals surface area contributed by atoms with Gasteiger partial charge in [0, 0.05) is 20.0 Å². The summed E-state index contributed by atoms with van der Waals surface area (Å²) in [7, 11) is -2.89. The summed E-state index contributed by atoms with van der Waals surface area (Å²) in [6, 6.07) is 0. The molecular formula is C24H48O3Si2. The number of ether oxygens (including phenoxy) is 1. The van der Waals surface area contributed by atoms with Gasteiger partial charge in [-0.1, -0.05) is 66.1 Å². The van der Waals surface area contributed by atoms with Gasteiger partial charge in [-0.15, -0.1) is 11.5 Å². The summed E-state index contributed by atoms with van der Waals surface area (Å²) in [6.45, 7) is 20.7. The Hall–Kier alpha value is -0.576. The van der Waals surface area contributed by atoms with Crippen molar-refractivity contribution < 1.29 is 14.0 Å². The largest absolute Gasteiger partial charge is 0.463 e. The van der Waals surface area contributed by atoms with Gasteiger partial charge in [0.15, 0.2) is 8.32 Å². The van der Waals surface area contributed by atoms with E-state index < -0.39 is 16.4 Å². The molecule has 0 heterocycles. The van der Waals surface area contributed by atoms with Gasteiger partial charge < -0.3 is 9.16 Å². The SMILES string of the molecule is CC(=O)OC(CCC#C[Si](C)(C)C)CCCCCCCCO[Si](C)(C)C(C)(C)C. The molecule has 170 valence electrons. The fourth-order valence-electron chi connectivity index (χ4n) is 2.78. The molecule has 0 saturated heterocycles. The van der Waals surface area contributed by atoms with E-state index in [1.54, 1.807) is 0 Å². The van der Waals surface area contributed by atoms with Crippen molar-refractivity contribution in [2.75, 3.05) is 6.61 Å². The molecule has 5 heteroatoms. The second-order valence-electron chi connectivity index (χ2n) is 10.8. The molecule has 0 aromatic carbocycles. The summed E-state index contributed by atoms with van der Waals surface area (Å²) in [6.07, 6.45) is 9.94. The lowest BCUT2D eigenvalue weighted by atomic mass is 10.0. The van der Waals surface area contributed by atoms with Crippen LogP contribution in [-0.2, 0) is 14.0 Å². The van der Waals surface area contributed by atoms with Gasteiger partial charge in [0.25, 0.3) is 0 Å². The molecule has 0 aliphatic heterocycles. The molecule has 0 amide bonds. The quantitative estimate of drug-likeness (QED) is 0.130. The highest BCUT2D eigenvalue weighted by Gasteiger charge is 2.36. The number of carbonyl (C=O) groups excluding carboxylic acids is 1. The van der Waals surface area contributed by atoms with Gasteiger partial charge in [0.1, 0.15) is 14.2 Å². The van der Waals surface area contributed by atoms with Crippen molar-refractivity contribution in [1.29, 1.82) is 0 Å². The van der Waals surface area contributed by atoms with Crippen LogP contribution in [0.1, 0.15) is 85.5 Å². The molecule has 0 aliphatic rings. The van der Waals surface area contributed by atoms with Crippen LogP contribution >= 0.6 is 0 Å². The standard InChI is InChI=1S/C24H48O3Si2/c1-22(25)27-23(19-15-17-21-28(5,6)7)18-14-12-10-11-13-16-20-26-29(8,9)24(2,3)4/h23H,10-16,18-20H2,1-9H3. The first kappa shape index (κ1) is 28.4. The number of unbranched alkanes of at least 4 members (excludes halogenated alkanes) is 5. The van der Waals surface area contributed by atoms with Gasteiger partial charge in [0.2, 0.25) is 0 Å². The van der Waals surface area contributed by atoms with E-state index in [-0.39, 0.29) is 12.1 Å². The van der Waals surface area contributed by atoms with Crippen LogP contribution in [-0.4, -0.2) is 35.1 Å². The maximum Gasteiger partial charge on any atom is 0.302 e. The number of hydrogen-bond acceptors (Lipinski definition) is 3. The minimum atomic E-state index is -1.59. The van der Waals surface area contributed by atoms with Crippen LogP contribution < -0.4 is 0 Å². The van der Waals surface area contributed by atoms with Crippen LogP contribution in [0.5, 0.6) is 0 Å². The highest BCUT2D eigenvalue weighted by atomic mass is 28.4. The molecule has 1 unspecified atom stereocenters. The van der Waals surface area contributed by atoms with Crippen LogP contribution in [0.15, 0.2) is 0 Å². The first-order valence-electron chi connectivity index (χ1n) is 11.6. The average molecular weight is 441 g/mol. The summed E-state index contributed by atoms with van der Waals surface area (Å²) < 4.78 is 11.7. The van der Waals surface area contributed by atoms with Crippen LogP contribution in [0.3, 0.4) is 0 Å². The van der Waals surface area contributed by atoms with Crippen molar-refractivity contribution in [3.8, 4) is 11.5 Å². The fraction of sp³-hybridized carbons (Fsp3) is 0.875. The van der Waals surface area contributed by atoms with Crippen LogP contribution in [0.25, 0.3) is 0 Å². The van der Waals surface area contributed by atoms with Crippen molar-refractivity contribution in [3.05, 3.63) is 0 Å². The molecule has 0 fully saturated rings. The fourth-order valence-corrected chi connectivity index (χ4v) is 4.53. The molecule has 1 atom stereocenters. The summed E-state index contributed by atoms with van der Waals surface area (Å²) in [4.78, 5) is 11.4. The van der Waals surface area contributed by atoms with Gasteiger partial charge in [-0.2, -0.15) is 0 Å². The van der Waals surface area contributed by atoms with Crippen molar-refractivity contribution in [1.82, 2.24) is 0 Å². The maximum absolute atomic E-state index is 11.4. The van der Waals surface area contributed by atoms with Crippen molar-refractivity contribution in [2.24, 2.45) is 0 Å². The molecule has 29 heavy (non-hydrogen) atoms. The van der Waals surface area contributed by atoms with E-state index in [9.17, 15) is 4.79 Å². The van der Waals surface area contributed by atoms with Gasteiger partial charge in [-0.05, 0) is 43.8 Å². The average Bonchev–Trinajstić information content (AvgIpc) is 2.54. The summed E-state index contributed by atoms with van der Waals surface area (Å²) in [5.41, 5.74) is 3.39. The summed E-state index contributed by atoms with van der Waals surface area (Å²) in [5.74, 6) is 3.12. The van der Waals surface area contributed by atoms with E-state index in [0.717, 1.165) is 32.3 Å². The van der Waals surface area contributed by atoms with Gasteiger partial charge >= 0.3 is 5.97 Å².